The van der Waals surface area contributed by atoms with E-state index in [9.17, 15) is 19.0 Å². The van der Waals surface area contributed by atoms with Crippen LogP contribution in [-0.2, 0) is 32.7 Å². The molecule has 4 N–H and O–H groups in total. The molecule has 0 aliphatic carbocycles. The highest BCUT2D eigenvalue weighted by Crippen LogP contribution is 2.43. The van der Waals surface area contributed by atoms with Crippen molar-refractivity contribution in [3.05, 3.63) is 12.2 Å². The minimum absolute atomic E-state index is 0.316. The number of rotatable bonds is 23. The van der Waals surface area contributed by atoms with Gasteiger partial charge in [-0.05, 0) is 44.9 Å². The van der Waals surface area contributed by atoms with Crippen LogP contribution < -0.4 is 5.73 Å². The predicted molar refractivity (Wildman–Crippen MR) is 146 cm³/mol. The SMILES string of the molecule is CCCCCCCC/C=C\CCCCCCCC(=O)O[C@@H]1CCCO[C@@H]1COP(=O)(O)OC[C@H](N)C(=O)O. The monoisotopic (exact) mass is 563 g/mol. The Morgan fingerprint density at radius 3 is 2.24 bits per heavy atom. The van der Waals surface area contributed by atoms with Crippen LogP contribution in [0.15, 0.2) is 12.2 Å². The second-order valence-corrected chi connectivity index (χ2v) is 11.4. The Labute approximate surface area is 228 Å². The fraction of sp³-hybridized carbons (Fsp3) is 0.852. The Bertz CT molecular complexity index is 719. The number of unbranched alkanes of at least 4 members (excludes halogenated alkanes) is 11. The molecule has 1 fully saturated rings. The summed E-state index contributed by atoms with van der Waals surface area (Å²) in [6.45, 7) is 1.65. The minimum atomic E-state index is -4.53. The van der Waals surface area contributed by atoms with Crippen molar-refractivity contribution in [2.24, 2.45) is 5.73 Å². The number of esters is 1. The number of nitrogens with two attached hydrogens (primary N) is 1. The van der Waals surface area contributed by atoms with Crippen LogP contribution in [0.3, 0.4) is 0 Å². The number of hydrogen-bond donors (Lipinski definition) is 3. The molecule has 0 bridgehead atoms. The first-order valence-corrected chi connectivity index (χ1v) is 15.8. The maximum absolute atomic E-state index is 12.3. The molecule has 38 heavy (non-hydrogen) atoms. The van der Waals surface area contributed by atoms with Gasteiger partial charge in [-0.2, -0.15) is 0 Å². The van der Waals surface area contributed by atoms with E-state index in [1.165, 1.54) is 51.4 Å². The number of carboxylic acid groups (broad SMARTS) is 1. The molecule has 0 spiro atoms. The van der Waals surface area contributed by atoms with Crippen LogP contribution >= 0.6 is 7.82 Å². The highest BCUT2D eigenvalue weighted by atomic mass is 31.2. The number of aliphatic carboxylic acids is 1. The second kappa shape index (κ2) is 21.5. The van der Waals surface area contributed by atoms with Crippen molar-refractivity contribution in [3.63, 3.8) is 0 Å². The third kappa shape index (κ3) is 18.1. The predicted octanol–water partition coefficient (Wildman–Crippen LogP) is 5.66. The smallest absolute Gasteiger partial charge is 0.472 e. The lowest BCUT2D eigenvalue weighted by molar-refractivity contribution is -0.166. The number of phosphoric acid groups is 1. The zero-order valence-corrected chi connectivity index (χ0v) is 24.0. The summed E-state index contributed by atoms with van der Waals surface area (Å²) in [6.07, 6.45) is 20.3. The number of ether oxygens (including phenoxy) is 2. The van der Waals surface area contributed by atoms with Crippen molar-refractivity contribution in [1.29, 1.82) is 0 Å². The van der Waals surface area contributed by atoms with E-state index in [0.717, 1.165) is 32.1 Å². The van der Waals surface area contributed by atoms with Crippen molar-refractivity contribution in [2.45, 2.75) is 128 Å². The maximum atomic E-state index is 12.3. The molecule has 1 heterocycles. The molecule has 4 atom stereocenters. The maximum Gasteiger partial charge on any atom is 0.472 e. The van der Waals surface area contributed by atoms with Gasteiger partial charge >= 0.3 is 19.8 Å². The fourth-order valence-electron chi connectivity index (χ4n) is 4.12. The summed E-state index contributed by atoms with van der Waals surface area (Å²) in [5, 5.41) is 8.73. The van der Waals surface area contributed by atoms with E-state index in [1.807, 2.05) is 0 Å². The van der Waals surface area contributed by atoms with E-state index < -0.39 is 38.6 Å². The Morgan fingerprint density at radius 1 is 1.00 bits per heavy atom. The fourth-order valence-corrected chi connectivity index (χ4v) is 4.88. The molecule has 10 nitrogen and oxygen atoms in total. The Hall–Kier alpha value is -1.29. The number of carbonyl (C=O) groups excluding carboxylic acids is 1. The van der Waals surface area contributed by atoms with Gasteiger partial charge in [-0.15, -0.1) is 0 Å². The molecule has 0 radical (unpaired) electrons. The average Bonchev–Trinajstić information content (AvgIpc) is 2.89. The lowest BCUT2D eigenvalue weighted by Crippen LogP contribution is -2.40. The molecule has 1 aliphatic heterocycles. The number of phosphoric ester groups is 1. The van der Waals surface area contributed by atoms with Gasteiger partial charge in [0, 0.05) is 13.0 Å². The number of carboxylic acids is 1. The van der Waals surface area contributed by atoms with Crippen molar-refractivity contribution in [3.8, 4) is 0 Å². The van der Waals surface area contributed by atoms with Crippen molar-refractivity contribution >= 4 is 19.8 Å². The largest absolute Gasteiger partial charge is 0.480 e. The van der Waals surface area contributed by atoms with E-state index in [0.29, 0.717) is 25.9 Å². The summed E-state index contributed by atoms with van der Waals surface area (Å²) in [5.74, 6) is -1.68. The molecular formula is C27H50NO9P. The molecule has 1 aliphatic rings. The van der Waals surface area contributed by atoms with Gasteiger partial charge < -0.3 is 25.2 Å². The second-order valence-electron chi connectivity index (χ2n) is 9.92. The Balaban J connectivity index is 2.13. The van der Waals surface area contributed by atoms with Gasteiger partial charge in [0.25, 0.3) is 0 Å². The lowest BCUT2D eigenvalue weighted by atomic mass is 10.1. The third-order valence-corrected chi connectivity index (χ3v) is 7.39. The lowest BCUT2D eigenvalue weighted by Gasteiger charge is -2.31. The van der Waals surface area contributed by atoms with E-state index in [2.05, 4.69) is 23.6 Å². The molecular weight excluding hydrogens is 513 g/mol. The molecule has 0 saturated carbocycles. The van der Waals surface area contributed by atoms with Crippen molar-refractivity contribution in [1.82, 2.24) is 0 Å². The number of carbonyl (C=O) groups is 2. The topological polar surface area (TPSA) is 155 Å². The number of hydrogen-bond acceptors (Lipinski definition) is 8. The van der Waals surface area contributed by atoms with Gasteiger partial charge in [0.05, 0.1) is 13.2 Å². The van der Waals surface area contributed by atoms with E-state index in [4.69, 9.17) is 24.8 Å². The van der Waals surface area contributed by atoms with Crippen LogP contribution in [0.25, 0.3) is 0 Å². The van der Waals surface area contributed by atoms with Crippen LogP contribution in [0.2, 0.25) is 0 Å². The van der Waals surface area contributed by atoms with E-state index in [1.54, 1.807) is 0 Å². The highest BCUT2D eigenvalue weighted by molar-refractivity contribution is 7.47. The molecule has 0 aromatic carbocycles. The van der Waals surface area contributed by atoms with Crippen LogP contribution in [-0.4, -0.2) is 60.0 Å². The van der Waals surface area contributed by atoms with Gasteiger partial charge in [0.15, 0.2) is 0 Å². The van der Waals surface area contributed by atoms with E-state index >= 15 is 0 Å². The summed E-state index contributed by atoms with van der Waals surface area (Å²) < 4.78 is 32.6. The molecule has 11 heteroatoms. The zero-order chi connectivity index (χ0) is 28.1. The van der Waals surface area contributed by atoms with E-state index in [-0.39, 0.29) is 12.6 Å². The molecule has 222 valence electrons. The van der Waals surface area contributed by atoms with Crippen LogP contribution in [0, 0.1) is 0 Å². The van der Waals surface area contributed by atoms with Crippen molar-refractivity contribution in [2.75, 3.05) is 19.8 Å². The van der Waals surface area contributed by atoms with Crippen LogP contribution in [0.1, 0.15) is 110 Å². The van der Waals surface area contributed by atoms with Gasteiger partial charge in [-0.1, -0.05) is 70.4 Å². The first-order chi connectivity index (χ1) is 18.2. The van der Waals surface area contributed by atoms with Gasteiger partial charge in [0.2, 0.25) is 0 Å². The Morgan fingerprint density at radius 2 is 1.61 bits per heavy atom. The van der Waals surface area contributed by atoms with Crippen molar-refractivity contribution < 1.29 is 42.7 Å². The molecule has 0 amide bonds. The molecule has 1 unspecified atom stereocenters. The average molecular weight is 564 g/mol. The first-order valence-electron chi connectivity index (χ1n) is 14.3. The summed E-state index contributed by atoms with van der Waals surface area (Å²) in [7, 11) is -4.53. The molecule has 1 rings (SSSR count). The van der Waals surface area contributed by atoms with Crippen LogP contribution in [0.4, 0.5) is 0 Å². The van der Waals surface area contributed by atoms with Crippen LogP contribution in [0.5, 0.6) is 0 Å². The standard InChI is InChI=1S/C27H50NO9P/c1-2-3-4-5-6-7-8-9-10-11-12-13-14-15-16-19-26(29)37-24-18-17-20-34-25(24)22-36-38(32,33)35-21-23(28)27(30)31/h9-10,23-25H,2-8,11-22,28H2,1H3,(H,30,31)(H,32,33)/b10-9-/t23-,24+,25+/m0/s1. The summed E-state index contributed by atoms with van der Waals surface area (Å²) in [4.78, 5) is 32.8. The molecule has 0 aromatic rings. The third-order valence-electron chi connectivity index (χ3n) is 6.44. The molecule has 0 aromatic heterocycles. The van der Waals surface area contributed by atoms with Gasteiger partial charge in [-0.3, -0.25) is 18.6 Å². The van der Waals surface area contributed by atoms with Gasteiger partial charge in [-0.25, -0.2) is 4.57 Å². The summed E-state index contributed by atoms with van der Waals surface area (Å²) in [5.41, 5.74) is 5.26. The first kappa shape index (κ1) is 34.7. The highest BCUT2D eigenvalue weighted by Gasteiger charge is 2.33. The summed E-state index contributed by atoms with van der Waals surface area (Å²) in [6, 6.07) is -1.45. The summed E-state index contributed by atoms with van der Waals surface area (Å²) >= 11 is 0. The van der Waals surface area contributed by atoms with Gasteiger partial charge in [0.1, 0.15) is 18.2 Å². The Kier molecular flexibility index (Phi) is 19.7. The minimum Gasteiger partial charge on any atom is -0.480 e. The quantitative estimate of drug-likeness (QED) is 0.0614. The number of allylic oxidation sites excluding steroid dienone is 2. The zero-order valence-electron chi connectivity index (χ0n) is 23.1. The molecule has 1 saturated heterocycles. The normalized spacial score (nSPS) is 20.3.